The summed E-state index contributed by atoms with van der Waals surface area (Å²) in [6, 6.07) is 0. The maximum atomic E-state index is 11.1. The first kappa shape index (κ1) is 31.4. The minimum atomic E-state index is -2.27. The second-order valence-electron chi connectivity index (χ2n) is 14.3. The minimum absolute atomic E-state index is 0.0274. The van der Waals surface area contributed by atoms with Crippen molar-refractivity contribution < 1.29 is 28.2 Å². The molecule has 5 atom stereocenters. The number of hydrogen-bond donors (Lipinski definition) is 2. The molecule has 0 aliphatic carbocycles. The van der Waals surface area contributed by atoms with Crippen LogP contribution in [0.3, 0.4) is 0 Å². The van der Waals surface area contributed by atoms with Gasteiger partial charge in [0, 0.05) is 0 Å². The van der Waals surface area contributed by atoms with E-state index in [0.29, 0.717) is 0 Å². The van der Waals surface area contributed by atoms with Crippen molar-refractivity contribution in [2.75, 3.05) is 6.61 Å². The van der Waals surface area contributed by atoms with Crippen LogP contribution >= 0.6 is 0 Å². The van der Waals surface area contributed by atoms with Crippen molar-refractivity contribution in [3.63, 3.8) is 0 Å². The summed E-state index contributed by atoms with van der Waals surface area (Å²) in [6.07, 6.45) is -3.61. The monoisotopic (exact) mass is 522 g/mol. The highest BCUT2D eigenvalue weighted by Gasteiger charge is 2.55. The summed E-state index contributed by atoms with van der Waals surface area (Å²) in [4.78, 5) is 0. The Morgan fingerprint density at radius 2 is 0.909 bits per heavy atom. The zero-order valence-corrected chi connectivity index (χ0v) is 27.1. The Hall–Kier alpha value is 0.411. The second kappa shape index (κ2) is 10.0. The zero-order valence-electron chi connectivity index (χ0n) is 24.1. The smallest absolute Gasteiger partial charge is 0.192 e. The molecule has 0 amide bonds. The molecule has 0 radical (unpaired) electrons. The fourth-order valence-electron chi connectivity index (χ4n) is 2.99. The molecule has 2 N–H and O–H groups in total. The average molecular weight is 523 g/mol. The Morgan fingerprint density at radius 1 is 0.606 bits per heavy atom. The SMILES string of the molecule is CC(C)(C)[Si](C)(C)O[C@@H]1[C@@H](O[Si](C)(C)C(C)(C)C)[C@@H](O)O[C@H](CO)[C@@H]1O[Si](C)(C)C(C)(C)C. The van der Waals surface area contributed by atoms with Crippen LogP contribution in [0, 0.1) is 0 Å². The van der Waals surface area contributed by atoms with E-state index in [9.17, 15) is 10.2 Å². The van der Waals surface area contributed by atoms with Crippen LogP contribution in [0.4, 0.5) is 0 Å². The number of rotatable bonds is 7. The first-order valence-corrected chi connectivity index (χ1v) is 21.1. The quantitative estimate of drug-likeness (QED) is 0.407. The standard InChI is InChI=1S/C24H54O6Si3/c1-22(2,3)31(10,11)28-18-17(16-25)27-21(26)20(30-33(14,15)24(7,8)9)19(18)29-32(12,13)23(4,5)6/h17-21,25-26H,16H2,1-15H3/t17-,18+,19+,20-,21+/m1/s1. The van der Waals surface area contributed by atoms with Crippen molar-refractivity contribution in [2.24, 2.45) is 0 Å². The lowest BCUT2D eigenvalue weighted by molar-refractivity contribution is -0.277. The van der Waals surface area contributed by atoms with Crippen LogP contribution in [0.15, 0.2) is 0 Å². The van der Waals surface area contributed by atoms with E-state index in [1.807, 2.05) is 0 Å². The molecule has 0 aromatic heterocycles. The molecule has 0 aromatic carbocycles. The highest BCUT2D eigenvalue weighted by atomic mass is 28.4. The summed E-state index contributed by atoms with van der Waals surface area (Å²) in [5, 5.41) is 21.2. The molecule has 9 heteroatoms. The highest BCUT2D eigenvalue weighted by Crippen LogP contribution is 2.45. The van der Waals surface area contributed by atoms with Gasteiger partial charge in [-0.1, -0.05) is 62.3 Å². The van der Waals surface area contributed by atoms with E-state index in [-0.39, 0.29) is 21.7 Å². The first-order valence-electron chi connectivity index (χ1n) is 12.4. The minimum Gasteiger partial charge on any atom is -0.408 e. The van der Waals surface area contributed by atoms with Gasteiger partial charge in [-0.15, -0.1) is 0 Å². The van der Waals surface area contributed by atoms with Crippen LogP contribution < -0.4 is 0 Å². The fourth-order valence-corrected chi connectivity index (χ4v) is 6.90. The van der Waals surface area contributed by atoms with E-state index in [4.69, 9.17) is 18.0 Å². The summed E-state index contributed by atoms with van der Waals surface area (Å²) in [6.45, 7) is 32.6. The molecule has 1 saturated heterocycles. The van der Waals surface area contributed by atoms with Gasteiger partial charge in [-0.2, -0.15) is 0 Å². The van der Waals surface area contributed by atoms with E-state index in [1.54, 1.807) is 0 Å². The third-order valence-electron chi connectivity index (χ3n) is 8.50. The number of ether oxygens (including phenoxy) is 1. The van der Waals surface area contributed by atoms with Gasteiger partial charge in [0.1, 0.15) is 24.4 Å². The van der Waals surface area contributed by atoms with E-state index < -0.39 is 55.7 Å². The molecule has 0 saturated carbocycles. The molecule has 1 rings (SSSR count). The van der Waals surface area contributed by atoms with E-state index in [2.05, 4.69) is 102 Å². The van der Waals surface area contributed by atoms with E-state index in [0.717, 1.165) is 0 Å². The van der Waals surface area contributed by atoms with Crippen LogP contribution in [0.5, 0.6) is 0 Å². The van der Waals surface area contributed by atoms with Crippen LogP contribution in [0.25, 0.3) is 0 Å². The van der Waals surface area contributed by atoms with Crippen molar-refractivity contribution >= 4 is 25.0 Å². The van der Waals surface area contributed by atoms with Crippen molar-refractivity contribution in [3.8, 4) is 0 Å². The van der Waals surface area contributed by atoms with E-state index >= 15 is 0 Å². The second-order valence-corrected chi connectivity index (χ2v) is 28.5. The zero-order chi connectivity index (χ0) is 26.4. The van der Waals surface area contributed by atoms with Crippen molar-refractivity contribution in [1.29, 1.82) is 0 Å². The maximum absolute atomic E-state index is 11.1. The lowest BCUT2D eigenvalue weighted by atomic mass is 9.99. The third-order valence-corrected chi connectivity index (χ3v) is 21.9. The number of aliphatic hydroxyl groups is 2. The molecule has 0 spiro atoms. The van der Waals surface area contributed by atoms with Crippen molar-refractivity contribution in [3.05, 3.63) is 0 Å². The number of hydrogen-bond acceptors (Lipinski definition) is 6. The predicted octanol–water partition coefficient (Wildman–Crippen LogP) is 5.87. The van der Waals surface area contributed by atoms with Gasteiger partial charge in [0.25, 0.3) is 0 Å². The molecule has 33 heavy (non-hydrogen) atoms. The summed E-state index contributed by atoms with van der Waals surface area (Å²) in [5.74, 6) is 0. The molecule has 1 heterocycles. The molecule has 1 aliphatic heterocycles. The fraction of sp³-hybridized carbons (Fsp3) is 1.00. The van der Waals surface area contributed by atoms with Gasteiger partial charge in [0.05, 0.1) is 6.61 Å². The molecule has 0 unspecified atom stereocenters. The van der Waals surface area contributed by atoms with Gasteiger partial charge in [0.2, 0.25) is 0 Å². The van der Waals surface area contributed by atoms with Crippen LogP contribution in [0.2, 0.25) is 54.4 Å². The Balaban J connectivity index is 3.58. The maximum Gasteiger partial charge on any atom is 0.192 e. The lowest BCUT2D eigenvalue weighted by Gasteiger charge is -2.53. The van der Waals surface area contributed by atoms with E-state index in [1.165, 1.54) is 0 Å². The lowest BCUT2D eigenvalue weighted by Crippen LogP contribution is -2.67. The summed E-state index contributed by atoms with van der Waals surface area (Å²) < 4.78 is 26.6. The molecular formula is C24H54O6Si3. The van der Waals surface area contributed by atoms with Crippen LogP contribution in [-0.4, -0.2) is 72.5 Å². The Kier molecular flexibility index (Phi) is 9.57. The first-order chi connectivity index (χ1) is 14.4. The van der Waals surface area contributed by atoms with Crippen LogP contribution in [-0.2, 0) is 18.0 Å². The largest absolute Gasteiger partial charge is 0.408 e. The predicted molar refractivity (Wildman–Crippen MR) is 144 cm³/mol. The molecular weight excluding hydrogens is 469 g/mol. The van der Waals surface area contributed by atoms with Gasteiger partial charge in [-0.25, -0.2) is 0 Å². The van der Waals surface area contributed by atoms with Gasteiger partial charge in [0.15, 0.2) is 31.2 Å². The number of aliphatic hydroxyl groups excluding tert-OH is 2. The molecule has 1 aliphatic rings. The molecule has 0 bridgehead atoms. The van der Waals surface area contributed by atoms with Crippen molar-refractivity contribution in [1.82, 2.24) is 0 Å². The molecule has 6 nitrogen and oxygen atoms in total. The molecule has 0 aromatic rings. The van der Waals surface area contributed by atoms with Crippen molar-refractivity contribution in [2.45, 2.75) is 147 Å². The Bertz CT molecular complexity index is 646. The molecule has 1 fully saturated rings. The van der Waals surface area contributed by atoms with Crippen LogP contribution in [0.1, 0.15) is 62.3 Å². The average Bonchev–Trinajstić information content (AvgIpc) is 2.56. The third kappa shape index (κ3) is 7.22. The normalized spacial score (nSPS) is 28.8. The summed E-state index contributed by atoms with van der Waals surface area (Å²) in [7, 11) is -6.78. The van der Waals surface area contributed by atoms with Gasteiger partial charge < -0.3 is 28.2 Å². The Morgan fingerprint density at radius 3 is 1.21 bits per heavy atom. The summed E-state index contributed by atoms with van der Waals surface area (Å²) >= 11 is 0. The summed E-state index contributed by atoms with van der Waals surface area (Å²) in [5.41, 5.74) is 0. The molecule has 198 valence electrons. The van der Waals surface area contributed by atoms with Gasteiger partial charge in [-0.3, -0.25) is 0 Å². The van der Waals surface area contributed by atoms with Gasteiger partial charge >= 0.3 is 0 Å². The Labute approximate surface area is 207 Å². The highest BCUT2D eigenvalue weighted by molar-refractivity contribution is 6.75. The topological polar surface area (TPSA) is 77.4 Å². The van der Waals surface area contributed by atoms with Gasteiger partial charge in [-0.05, 0) is 54.4 Å².